The molecule has 0 spiro atoms. The van der Waals surface area contributed by atoms with Gasteiger partial charge in [0.2, 0.25) is 0 Å². The van der Waals surface area contributed by atoms with Gasteiger partial charge in [-0.1, -0.05) is 18.2 Å². The van der Waals surface area contributed by atoms with Crippen LogP contribution in [-0.4, -0.2) is 45.7 Å². The number of anilines is 1. The van der Waals surface area contributed by atoms with E-state index >= 15 is 0 Å². The van der Waals surface area contributed by atoms with Crippen LogP contribution in [0.5, 0.6) is 0 Å². The average Bonchev–Trinajstić information content (AvgIpc) is 3.20. The van der Waals surface area contributed by atoms with Crippen LogP contribution in [0.2, 0.25) is 0 Å². The maximum atomic E-state index is 14.7. The van der Waals surface area contributed by atoms with E-state index in [0.29, 0.717) is 24.7 Å². The number of carbonyl (C=O) groups excluding carboxylic acids is 1. The van der Waals surface area contributed by atoms with Gasteiger partial charge in [0.1, 0.15) is 5.82 Å². The summed E-state index contributed by atoms with van der Waals surface area (Å²) in [5.41, 5.74) is -0.731. The van der Waals surface area contributed by atoms with Crippen molar-refractivity contribution in [2.75, 3.05) is 18.4 Å². The molecule has 11 heteroatoms. The number of nitrogens with one attached hydrogen (secondary N) is 2. The standard InChI is InChI=1S/C26H27F3N4O4/c1-12(14-3-2-4-15(21(14)27)23(28)29)30-24(35)18-11-33(26-6-13(7-26)8-26)20(34)5-19(18)31-22-16-9-32(25(36)37)10-17(16)22/h2-5,11-13,16-17,22-23,31H,6-10H2,1H3,(H,30,35)(H,36,37)/t12-,13?,16-,17+,22?,26?/m1/s1. The van der Waals surface area contributed by atoms with Crippen LogP contribution < -0.4 is 16.2 Å². The minimum atomic E-state index is -2.98. The van der Waals surface area contributed by atoms with E-state index in [1.165, 1.54) is 30.0 Å². The second kappa shape index (κ2) is 8.26. The Balaban J connectivity index is 1.27. The fourth-order valence-electron chi connectivity index (χ4n) is 6.43. The molecule has 2 bridgehead atoms. The van der Waals surface area contributed by atoms with Crippen molar-refractivity contribution in [1.82, 2.24) is 14.8 Å². The molecule has 1 aromatic heterocycles. The van der Waals surface area contributed by atoms with Crippen molar-refractivity contribution in [3.05, 3.63) is 63.3 Å². The summed E-state index contributed by atoms with van der Waals surface area (Å²) in [7, 11) is 0. The first-order chi connectivity index (χ1) is 17.6. The molecule has 0 radical (unpaired) electrons. The molecular formula is C26H27F3N4O4. The van der Waals surface area contributed by atoms with Gasteiger partial charge in [-0.15, -0.1) is 0 Å². The van der Waals surface area contributed by atoms with Gasteiger partial charge in [0, 0.05) is 54.3 Å². The summed E-state index contributed by atoms with van der Waals surface area (Å²) in [6.45, 7) is 2.29. The van der Waals surface area contributed by atoms with Crippen LogP contribution in [0.15, 0.2) is 35.3 Å². The molecule has 4 aliphatic carbocycles. The highest BCUT2D eigenvalue weighted by molar-refractivity contribution is 5.99. The monoisotopic (exact) mass is 516 g/mol. The van der Waals surface area contributed by atoms with Gasteiger partial charge in [0.25, 0.3) is 17.9 Å². The Bertz CT molecular complexity index is 1330. The quantitative estimate of drug-likeness (QED) is 0.517. The Labute approximate surface area is 210 Å². The predicted molar refractivity (Wildman–Crippen MR) is 127 cm³/mol. The number of hydrogen-bond acceptors (Lipinski definition) is 4. The van der Waals surface area contributed by atoms with Gasteiger partial charge >= 0.3 is 6.09 Å². The summed E-state index contributed by atoms with van der Waals surface area (Å²) in [5, 5.41) is 15.2. The lowest BCUT2D eigenvalue weighted by molar-refractivity contribution is -0.0914. The molecule has 1 aromatic carbocycles. The summed E-state index contributed by atoms with van der Waals surface area (Å²) >= 11 is 0. The molecule has 5 fully saturated rings. The molecule has 7 rings (SSSR count). The fraction of sp³-hybridized carbons (Fsp3) is 0.500. The lowest BCUT2D eigenvalue weighted by Crippen LogP contribution is -2.62. The van der Waals surface area contributed by atoms with Gasteiger partial charge in [-0.05, 0) is 32.1 Å². The molecule has 3 N–H and O–H groups in total. The smallest absolute Gasteiger partial charge is 0.407 e. The topological polar surface area (TPSA) is 104 Å². The Hall–Kier alpha value is -3.50. The zero-order chi connectivity index (χ0) is 26.2. The average molecular weight is 517 g/mol. The summed E-state index contributed by atoms with van der Waals surface area (Å²) in [6.07, 6.45) is 0.270. The van der Waals surface area contributed by atoms with Gasteiger partial charge in [-0.2, -0.15) is 0 Å². The highest BCUT2D eigenvalue weighted by Crippen LogP contribution is 2.61. The molecule has 2 amide bonds. The summed E-state index contributed by atoms with van der Waals surface area (Å²) in [6, 6.07) is 4.13. The number of likely N-dealkylation sites (tertiary alicyclic amines) is 1. The van der Waals surface area contributed by atoms with Crippen LogP contribution in [0.3, 0.4) is 0 Å². The van der Waals surface area contributed by atoms with Crippen molar-refractivity contribution in [1.29, 1.82) is 0 Å². The van der Waals surface area contributed by atoms with E-state index in [1.54, 1.807) is 10.8 Å². The number of carboxylic acid groups (broad SMARTS) is 1. The van der Waals surface area contributed by atoms with Gasteiger partial charge < -0.3 is 25.2 Å². The Morgan fingerprint density at radius 3 is 2.35 bits per heavy atom. The molecule has 196 valence electrons. The number of fused-ring (bicyclic) bond motifs is 1. The minimum Gasteiger partial charge on any atom is -0.465 e. The number of benzene rings is 1. The third-order valence-electron chi connectivity index (χ3n) is 8.71. The molecule has 8 nitrogen and oxygen atoms in total. The van der Waals surface area contributed by atoms with Crippen LogP contribution in [0.25, 0.3) is 0 Å². The minimum absolute atomic E-state index is 0.0566. The third kappa shape index (κ3) is 3.77. The number of hydrogen-bond donors (Lipinski definition) is 3. The Kier molecular flexibility index (Phi) is 5.33. The van der Waals surface area contributed by atoms with E-state index in [1.807, 2.05) is 0 Å². The first kappa shape index (κ1) is 23.9. The number of aromatic nitrogens is 1. The van der Waals surface area contributed by atoms with Crippen molar-refractivity contribution in [3.63, 3.8) is 0 Å². The van der Waals surface area contributed by atoms with Crippen molar-refractivity contribution in [2.45, 2.75) is 50.2 Å². The zero-order valence-corrected chi connectivity index (χ0v) is 20.1. The first-order valence-corrected chi connectivity index (χ1v) is 12.5. The Morgan fingerprint density at radius 1 is 1.14 bits per heavy atom. The van der Waals surface area contributed by atoms with Crippen LogP contribution >= 0.6 is 0 Å². The number of piperidine rings is 1. The number of alkyl halides is 2. The summed E-state index contributed by atoms with van der Waals surface area (Å²) < 4.78 is 42.7. The maximum absolute atomic E-state index is 14.7. The number of amides is 2. The van der Waals surface area contributed by atoms with Crippen LogP contribution in [0.1, 0.15) is 60.1 Å². The van der Waals surface area contributed by atoms with Gasteiger partial charge in [-0.25, -0.2) is 18.0 Å². The molecule has 1 unspecified atom stereocenters. The van der Waals surface area contributed by atoms with E-state index in [0.717, 1.165) is 25.3 Å². The molecule has 5 aliphatic rings. The second-order valence-electron chi connectivity index (χ2n) is 10.9. The molecule has 2 heterocycles. The molecule has 2 aromatic rings. The lowest BCUT2D eigenvalue weighted by atomic mass is 9.49. The van der Waals surface area contributed by atoms with Crippen LogP contribution in [0.4, 0.5) is 23.7 Å². The molecule has 37 heavy (non-hydrogen) atoms. The van der Waals surface area contributed by atoms with Crippen LogP contribution in [-0.2, 0) is 5.54 Å². The third-order valence-corrected chi connectivity index (χ3v) is 8.71. The van der Waals surface area contributed by atoms with Gasteiger partial charge in [0.05, 0.1) is 22.9 Å². The highest BCUT2D eigenvalue weighted by atomic mass is 19.3. The number of halogens is 3. The van der Waals surface area contributed by atoms with E-state index in [2.05, 4.69) is 10.6 Å². The number of nitrogens with zero attached hydrogens (tertiary/aromatic N) is 2. The second-order valence-corrected chi connectivity index (χ2v) is 10.9. The molecular weight excluding hydrogens is 489 g/mol. The molecule has 4 atom stereocenters. The van der Waals surface area contributed by atoms with E-state index < -0.39 is 35.8 Å². The largest absolute Gasteiger partial charge is 0.465 e. The van der Waals surface area contributed by atoms with Crippen molar-refractivity contribution in [3.8, 4) is 0 Å². The molecule has 4 saturated carbocycles. The number of carbonyl (C=O) groups is 2. The normalized spacial score (nSPS) is 29.7. The zero-order valence-electron chi connectivity index (χ0n) is 20.1. The van der Waals surface area contributed by atoms with E-state index in [9.17, 15) is 32.7 Å². The van der Waals surface area contributed by atoms with Crippen molar-refractivity contribution < 1.29 is 27.9 Å². The lowest BCUT2D eigenvalue weighted by Gasteiger charge is -2.62. The predicted octanol–water partition coefficient (Wildman–Crippen LogP) is 3.95. The summed E-state index contributed by atoms with van der Waals surface area (Å²) in [5.74, 6) is -0.823. The highest BCUT2D eigenvalue weighted by Gasteiger charge is 2.59. The molecule has 1 aliphatic heterocycles. The van der Waals surface area contributed by atoms with E-state index in [4.69, 9.17) is 0 Å². The SMILES string of the molecule is C[C@@H](NC(=O)c1cn(C23CC(C2)C3)c(=O)cc1NC1[C@H]2CN(C(=O)O)C[C@@H]12)c1cccc(C(F)F)c1F. The molecule has 1 saturated heterocycles. The van der Waals surface area contributed by atoms with Crippen molar-refractivity contribution >= 4 is 17.7 Å². The van der Waals surface area contributed by atoms with Crippen molar-refractivity contribution in [2.24, 2.45) is 17.8 Å². The van der Waals surface area contributed by atoms with Gasteiger partial charge in [-0.3, -0.25) is 9.59 Å². The fourth-order valence-corrected chi connectivity index (χ4v) is 6.43. The number of rotatable bonds is 7. The number of pyridine rings is 1. The summed E-state index contributed by atoms with van der Waals surface area (Å²) in [4.78, 5) is 39.1. The maximum Gasteiger partial charge on any atom is 0.407 e. The Morgan fingerprint density at radius 2 is 1.78 bits per heavy atom. The van der Waals surface area contributed by atoms with E-state index in [-0.39, 0.29) is 40.1 Å². The van der Waals surface area contributed by atoms with Gasteiger partial charge in [0.15, 0.2) is 0 Å². The first-order valence-electron chi connectivity index (χ1n) is 12.5. The van der Waals surface area contributed by atoms with Crippen LogP contribution in [0, 0.1) is 23.6 Å².